The Morgan fingerprint density at radius 2 is 1.74 bits per heavy atom. The number of aryl methyl sites for hydroxylation is 1. The van der Waals surface area contributed by atoms with Gasteiger partial charge in [0.15, 0.2) is 11.5 Å². The van der Waals surface area contributed by atoms with Crippen molar-refractivity contribution < 1.29 is 23.8 Å². The van der Waals surface area contributed by atoms with Crippen molar-refractivity contribution in [2.45, 2.75) is 27.3 Å². The number of hydrogen-bond acceptors (Lipinski definition) is 5. The largest absolute Gasteiger partial charge is 0.493 e. The van der Waals surface area contributed by atoms with Crippen molar-refractivity contribution in [2.24, 2.45) is 0 Å². The number of methoxy groups -OCH3 is 2. The summed E-state index contributed by atoms with van der Waals surface area (Å²) in [6.07, 6.45) is 1.69. The van der Waals surface area contributed by atoms with E-state index in [2.05, 4.69) is 0 Å². The van der Waals surface area contributed by atoms with Crippen LogP contribution in [-0.4, -0.2) is 37.6 Å². The van der Waals surface area contributed by atoms with Gasteiger partial charge in [-0.05, 0) is 50.1 Å². The third-order valence-corrected chi connectivity index (χ3v) is 5.16. The van der Waals surface area contributed by atoms with Crippen LogP contribution in [0, 0.1) is 6.92 Å². The molecule has 2 aromatic carbocycles. The lowest BCUT2D eigenvalue weighted by atomic mass is 10.0. The molecule has 0 aliphatic carbocycles. The highest BCUT2D eigenvalue weighted by molar-refractivity contribution is 6.16. The minimum absolute atomic E-state index is 0.244. The van der Waals surface area contributed by atoms with Gasteiger partial charge in [0, 0.05) is 5.70 Å². The number of nitrogens with zero attached hydrogens (tertiary/aromatic N) is 1. The number of carbonyl (C=O) groups is 2. The van der Waals surface area contributed by atoms with Crippen molar-refractivity contribution in [3.8, 4) is 11.5 Å². The highest BCUT2D eigenvalue weighted by atomic mass is 16.5. The maximum Gasteiger partial charge on any atom is 0.340 e. The van der Waals surface area contributed by atoms with Crippen LogP contribution in [0.5, 0.6) is 11.5 Å². The van der Waals surface area contributed by atoms with Gasteiger partial charge in [0.1, 0.15) is 0 Å². The molecule has 0 atom stereocenters. The summed E-state index contributed by atoms with van der Waals surface area (Å²) in [6, 6.07) is 13.3. The van der Waals surface area contributed by atoms with Crippen LogP contribution in [-0.2, 0) is 20.9 Å². The van der Waals surface area contributed by atoms with E-state index in [1.807, 2.05) is 44.2 Å². The second kappa shape index (κ2) is 9.51. The van der Waals surface area contributed by atoms with Crippen molar-refractivity contribution >= 4 is 18.0 Å². The van der Waals surface area contributed by atoms with Crippen molar-refractivity contribution in [1.29, 1.82) is 0 Å². The Morgan fingerprint density at radius 3 is 2.35 bits per heavy atom. The molecule has 31 heavy (non-hydrogen) atoms. The second-order valence-electron chi connectivity index (χ2n) is 7.23. The fourth-order valence-corrected chi connectivity index (χ4v) is 3.51. The van der Waals surface area contributed by atoms with Gasteiger partial charge in [-0.3, -0.25) is 4.79 Å². The molecule has 1 aliphatic rings. The molecule has 0 N–H and O–H groups in total. The number of carbonyl (C=O) groups excluding carboxylic acids is 2. The minimum Gasteiger partial charge on any atom is -0.493 e. The maximum atomic E-state index is 13.3. The van der Waals surface area contributed by atoms with Gasteiger partial charge in [-0.1, -0.05) is 35.9 Å². The highest BCUT2D eigenvalue weighted by Crippen LogP contribution is 2.34. The summed E-state index contributed by atoms with van der Waals surface area (Å²) in [5.41, 5.74) is 3.97. The van der Waals surface area contributed by atoms with Gasteiger partial charge >= 0.3 is 5.97 Å². The summed E-state index contributed by atoms with van der Waals surface area (Å²) in [5, 5.41) is 0. The Bertz CT molecular complexity index is 1050. The lowest BCUT2D eigenvalue weighted by Gasteiger charge is -2.18. The standard InChI is InChI=1S/C25H27NO5/c1-6-31-21-12-11-19(14-22(21)29-4)13-20-23(25(28)30-5)17(3)26(24(20)27)15-18-9-7-16(2)8-10-18/h7-14H,6,15H2,1-5H3/b20-13-. The maximum absolute atomic E-state index is 13.3. The molecule has 6 nitrogen and oxygen atoms in total. The summed E-state index contributed by atoms with van der Waals surface area (Å²) in [6.45, 7) is 6.55. The molecule has 0 unspecified atom stereocenters. The molecule has 0 saturated carbocycles. The van der Waals surface area contributed by atoms with E-state index < -0.39 is 5.97 Å². The first kappa shape index (κ1) is 22.2. The normalized spacial score (nSPS) is 14.9. The zero-order chi connectivity index (χ0) is 22.5. The first-order valence-corrected chi connectivity index (χ1v) is 10.1. The van der Waals surface area contributed by atoms with E-state index in [1.54, 1.807) is 37.1 Å². The zero-order valence-electron chi connectivity index (χ0n) is 18.5. The van der Waals surface area contributed by atoms with Gasteiger partial charge < -0.3 is 19.1 Å². The van der Waals surface area contributed by atoms with Crippen LogP contribution in [0.4, 0.5) is 0 Å². The molecule has 0 bridgehead atoms. The van der Waals surface area contributed by atoms with Crippen LogP contribution in [0.3, 0.4) is 0 Å². The summed E-state index contributed by atoms with van der Waals surface area (Å²) in [4.78, 5) is 27.4. The van der Waals surface area contributed by atoms with Gasteiger partial charge in [0.25, 0.3) is 5.91 Å². The third kappa shape index (κ3) is 4.63. The lowest BCUT2D eigenvalue weighted by Crippen LogP contribution is -2.24. The monoisotopic (exact) mass is 421 g/mol. The van der Waals surface area contributed by atoms with Crippen LogP contribution in [0.15, 0.2) is 59.3 Å². The molecule has 0 aromatic heterocycles. The molecule has 3 rings (SSSR count). The molecule has 0 radical (unpaired) electrons. The fourth-order valence-electron chi connectivity index (χ4n) is 3.51. The minimum atomic E-state index is -0.540. The van der Waals surface area contributed by atoms with E-state index in [9.17, 15) is 9.59 Å². The Balaban J connectivity index is 2.01. The molecule has 1 aliphatic heterocycles. The van der Waals surface area contributed by atoms with Crippen LogP contribution in [0.25, 0.3) is 6.08 Å². The Labute approximate surface area is 182 Å². The molecular formula is C25H27NO5. The number of amides is 1. The Hall–Kier alpha value is -3.54. The number of esters is 1. The van der Waals surface area contributed by atoms with E-state index in [1.165, 1.54) is 7.11 Å². The molecule has 6 heteroatoms. The molecule has 1 heterocycles. The topological polar surface area (TPSA) is 65.1 Å². The molecule has 2 aromatic rings. The SMILES string of the molecule is CCOc1ccc(/C=C2\C(=O)N(Cc3ccc(C)cc3)C(C)=C2C(=O)OC)cc1OC. The number of ether oxygens (including phenoxy) is 3. The second-order valence-corrected chi connectivity index (χ2v) is 7.23. The van der Waals surface area contributed by atoms with Gasteiger partial charge in [-0.2, -0.15) is 0 Å². The molecule has 0 spiro atoms. The zero-order valence-corrected chi connectivity index (χ0v) is 18.5. The van der Waals surface area contributed by atoms with E-state index in [0.29, 0.717) is 35.9 Å². The van der Waals surface area contributed by atoms with E-state index >= 15 is 0 Å². The fraction of sp³-hybridized carbons (Fsp3) is 0.280. The Morgan fingerprint density at radius 1 is 1.03 bits per heavy atom. The van der Waals surface area contributed by atoms with Gasteiger partial charge in [0.05, 0.1) is 38.5 Å². The van der Waals surface area contributed by atoms with E-state index in [0.717, 1.165) is 16.7 Å². The molecule has 1 amide bonds. The van der Waals surface area contributed by atoms with Crippen molar-refractivity contribution in [3.05, 3.63) is 76.0 Å². The summed E-state index contributed by atoms with van der Waals surface area (Å²) >= 11 is 0. The van der Waals surface area contributed by atoms with Crippen LogP contribution >= 0.6 is 0 Å². The van der Waals surface area contributed by atoms with Crippen LogP contribution < -0.4 is 9.47 Å². The average Bonchev–Trinajstić information content (AvgIpc) is 3.00. The first-order chi connectivity index (χ1) is 14.9. The molecule has 0 saturated heterocycles. The van der Waals surface area contributed by atoms with Crippen molar-refractivity contribution in [1.82, 2.24) is 4.90 Å². The van der Waals surface area contributed by atoms with Crippen LogP contribution in [0.1, 0.15) is 30.5 Å². The molecular weight excluding hydrogens is 394 g/mol. The predicted octanol–water partition coefficient (Wildman–Crippen LogP) is 4.28. The summed E-state index contributed by atoms with van der Waals surface area (Å²) in [7, 11) is 2.87. The van der Waals surface area contributed by atoms with Gasteiger partial charge in [-0.25, -0.2) is 4.79 Å². The predicted molar refractivity (Wildman–Crippen MR) is 119 cm³/mol. The number of benzene rings is 2. The number of rotatable bonds is 7. The smallest absolute Gasteiger partial charge is 0.340 e. The summed E-state index contributed by atoms with van der Waals surface area (Å²) in [5.74, 6) is 0.386. The average molecular weight is 421 g/mol. The molecule has 0 fully saturated rings. The number of allylic oxidation sites excluding steroid dienone is 1. The lowest BCUT2D eigenvalue weighted by molar-refractivity contribution is -0.136. The highest BCUT2D eigenvalue weighted by Gasteiger charge is 2.37. The van der Waals surface area contributed by atoms with Crippen molar-refractivity contribution in [3.63, 3.8) is 0 Å². The van der Waals surface area contributed by atoms with Gasteiger partial charge in [-0.15, -0.1) is 0 Å². The first-order valence-electron chi connectivity index (χ1n) is 10.1. The van der Waals surface area contributed by atoms with E-state index in [4.69, 9.17) is 14.2 Å². The summed E-state index contributed by atoms with van der Waals surface area (Å²) < 4.78 is 15.9. The molecule has 162 valence electrons. The third-order valence-electron chi connectivity index (χ3n) is 5.16. The number of hydrogen-bond donors (Lipinski definition) is 0. The van der Waals surface area contributed by atoms with Crippen molar-refractivity contribution in [2.75, 3.05) is 20.8 Å². The quantitative estimate of drug-likeness (QED) is 0.493. The van der Waals surface area contributed by atoms with Gasteiger partial charge in [0.2, 0.25) is 0 Å². The Kier molecular flexibility index (Phi) is 6.80. The van der Waals surface area contributed by atoms with Crippen LogP contribution in [0.2, 0.25) is 0 Å². The van der Waals surface area contributed by atoms with E-state index in [-0.39, 0.29) is 11.5 Å².